The molecule has 0 N–H and O–H groups in total. The molecule has 0 saturated heterocycles. The van der Waals surface area contributed by atoms with E-state index in [1.807, 2.05) is 26.0 Å². The summed E-state index contributed by atoms with van der Waals surface area (Å²) < 4.78 is 0. The molecule has 1 atom stereocenters. The highest BCUT2D eigenvalue weighted by atomic mass is 14.2. The maximum atomic E-state index is 4.53. The predicted molar refractivity (Wildman–Crippen MR) is 234 cm³/mol. The normalized spacial score (nSPS) is 12.9. The highest BCUT2D eigenvalue weighted by Crippen LogP contribution is 2.37. The SMILES string of the molecule is C=C(/C=C(/c1cccc(-c2ccccc2)c1)c1ccc(C(=C\C(C)c2ccccc2)/C(C)=C/C=c2/ccccc2=C)c(C)c1C)c1ccccc1.CC. The monoisotopic (exact) mass is 688 g/mol. The maximum Gasteiger partial charge on any atom is -0.000113 e. The lowest BCUT2D eigenvalue weighted by Gasteiger charge is -2.21. The van der Waals surface area contributed by atoms with Crippen LogP contribution in [0.4, 0.5) is 0 Å². The fourth-order valence-corrected chi connectivity index (χ4v) is 6.67. The van der Waals surface area contributed by atoms with Crippen molar-refractivity contribution < 1.29 is 0 Å². The van der Waals surface area contributed by atoms with Crippen LogP contribution in [0.2, 0.25) is 0 Å². The van der Waals surface area contributed by atoms with Gasteiger partial charge in [-0.05, 0) is 122 Å². The van der Waals surface area contributed by atoms with E-state index in [9.17, 15) is 0 Å². The number of rotatable bonds is 10. The molecule has 0 nitrogen and oxygen atoms in total. The summed E-state index contributed by atoms with van der Waals surface area (Å²) in [5, 5.41) is 2.15. The molecular formula is C53H52. The van der Waals surface area contributed by atoms with Crippen molar-refractivity contribution in [1.29, 1.82) is 0 Å². The fourth-order valence-electron chi connectivity index (χ4n) is 6.67. The van der Waals surface area contributed by atoms with Crippen molar-refractivity contribution in [3.8, 4) is 11.1 Å². The van der Waals surface area contributed by atoms with Gasteiger partial charge in [-0.25, -0.2) is 0 Å². The minimum absolute atomic E-state index is 0.231. The van der Waals surface area contributed by atoms with Crippen molar-refractivity contribution >= 4 is 29.4 Å². The van der Waals surface area contributed by atoms with Gasteiger partial charge < -0.3 is 0 Å². The first-order chi connectivity index (χ1) is 25.8. The number of hydrogen-bond donors (Lipinski definition) is 0. The molecule has 0 heteroatoms. The Morgan fingerprint density at radius 3 is 1.83 bits per heavy atom. The van der Waals surface area contributed by atoms with E-state index in [4.69, 9.17) is 0 Å². The van der Waals surface area contributed by atoms with Crippen LogP contribution in [0.5, 0.6) is 0 Å². The van der Waals surface area contributed by atoms with Crippen molar-refractivity contribution in [1.82, 2.24) is 0 Å². The number of benzene rings is 6. The van der Waals surface area contributed by atoms with Crippen molar-refractivity contribution in [3.63, 3.8) is 0 Å². The summed E-state index contributed by atoms with van der Waals surface area (Å²) in [6.07, 6.45) is 9.10. The van der Waals surface area contributed by atoms with Crippen LogP contribution in [0.3, 0.4) is 0 Å². The lowest BCUT2D eigenvalue weighted by atomic mass is 9.84. The molecule has 0 aliphatic heterocycles. The third kappa shape index (κ3) is 9.47. The average Bonchev–Trinajstić information content (AvgIpc) is 3.21. The molecule has 264 valence electrons. The van der Waals surface area contributed by atoms with E-state index < -0.39 is 0 Å². The molecule has 0 spiro atoms. The van der Waals surface area contributed by atoms with E-state index in [0.717, 1.165) is 32.7 Å². The number of hydrogen-bond acceptors (Lipinski definition) is 0. The summed E-state index contributed by atoms with van der Waals surface area (Å²) in [4.78, 5) is 0. The van der Waals surface area contributed by atoms with E-state index in [-0.39, 0.29) is 5.92 Å². The zero-order valence-corrected chi connectivity index (χ0v) is 32.2. The molecule has 53 heavy (non-hydrogen) atoms. The molecule has 0 amide bonds. The van der Waals surface area contributed by atoms with Gasteiger partial charge in [-0.1, -0.05) is 198 Å². The molecule has 6 aromatic carbocycles. The molecule has 0 radical (unpaired) electrons. The van der Waals surface area contributed by atoms with Gasteiger partial charge >= 0.3 is 0 Å². The quantitative estimate of drug-likeness (QED) is 0.126. The van der Waals surface area contributed by atoms with Gasteiger partial charge in [0.25, 0.3) is 0 Å². The van der Waals surface area contributed by atoms with Gasteiger partial charge in [0.2, 0.25) is 0 Å². The molecule has 0 aromatic heterocycles. The van der Waals surface area contributed by atoms with Crippen LogP contribution in [0.25, 0.3) is 40.5 Å². The predicted octanol–water partition coefficient (Wildman–Crippen LogP) is 13.2. The first kappa shape index (κ1) is 38.3. The lowest BCUT2D eigenvalue weighted by Crippen LogP contribution is -2.21. The topological polar surface area (TPSA) is 0 Å². The molecule has 0 saturated carbocycles. The summed E-state index contributed by atoms with van der Waals surface area (Å²) in [7, 11) is 0. The number of allylic oxidation sites excluding steroid dienone is 6. The molecule has 0 fully saturated rings. The third-order valence-electron chi connectivity index (χ3n) is 9.85. The Kier molecular flexibility index (Phi) is 13.3. The summed E-state index contributed by atoms with van der Waals surface area (Å²) in [6, 6.07) is 53.6. The largest absolute Gasteiger partial charge is 0.0912 e. The van der Waals surface area contributed by atoms with Gasteiger partial charge in [-0.3, -0.25) is 0 Å². The van der Waals surface area contributed by atoms with Crippen molar-refractivity contribution in [2.75, 3.05) is 0 Å². The van der Waals surface area contributed by atoms with Crippen LogP contribution < -0.4 is 10.4 Å². The summed E-state index contributed by atoms with van der Waals surface area (Å²) in [5.74, 6) is 0.231. The molecule has 6 rings (SSSR count). The van der Waals surface area contributed by atoms with E-state index in [2.05, 4.69) is 205 Å². The van der Waals surface area contributed by atoms with E-state index >= 15 is 0 Å². The van der Waals surface area contributed by atoms with Gasteiger partial charge in [0.15, 0.2) is 0 Å². The fraction of sp³-hybridized carbons (Fsp3) is 0.132. The van der Waals surface area contributed by atoms with Gasteiger partial charge in [0.05, 0.1) is 0 Å². The highest BCUT2D eigenvalue weighted by molar-refractivity contribution is 5.93. The van der Waals surface area contributed by atoms with Crippen LogP contribution in [-0.2, 0) is 0 Å². The molecule has 1 unspecified atom stereocenters. The highest BCUT2D eigenvalue weighted by Gasteiger charge is 2.17. The molecule has 0 heterocycles. The second kappa shape index (κ2) is 18.5. The maximum absolute atomic E-state index is 4.53. The Labute approximate surface area is 318 Å². The third-order valence-corrected chi connectivity index (χ3v) is 9.85. The van der Waals surface area contributed by atoms with Crippen molar-refractivity contribution in [2.45, 2.75) is 47.5 Å². The standard InChI is InChI=1S/C51H46.C2H6/c1-36-19-16-17-24-44(36)30-29-37(2)50(33-38(3)42-20-10-7-11-21-42)48-31-32-49(41(6)40(48)5)51(34-39(4)43-22-12-8-13-23-43)47-28-18-27-46(35-47)45-25-14-9-15-26-45;1-2/h7-35,38H,1,4H2,2-3,5-6H3;1-2H3/b37-29+,44-30-,50-33-,51-34-;. The van der Waals surface area contributed by atoms with E-state index in [1.54, 1.807) is 0 Å². The summed E-state index contributed by atoms with van der Waals surface area (Å²) in [5.41, 5.74) is 15.5. The zero-order chi connectivity index (χ0) is 37.7. The second-order valence-corrected chi connectivity index (χ2v) is 13.3. The lowest BCUT2D eigenvalue weighted by molar-refractivity contribution is 0.968. The van der Waals surface area contributed by atoms with Crippen LogP contribution >= 0.6 is 0 Å². The Balaban J connectivity index is 0.00000266. The van der Waals surface area contributed by atoms with Crippen LogP contribution in [-0.4, -0.2) is 0 Å². The second-order valence-electron chi connectivity index (χ2n) is 13.3. The summed E-state index contributed by atoms with van der Waals surface area (Å²) in [6.45, 7) is 21.8. The minimum Gasteiger partial charge on any atom is -0.0912 e. The molecule has 6 aromatic rings. The van der Waals surface area contributed by atoms with E-state index in [0.29, 0.717) is 0 Å². The van der Waals surface area contributed by atoms with Crippen LogP contribution in [0.15, 0.2) is 182 Å². The van der Waals surface area contributed by atoms with Crippen LogP contribution in [0, 0.1) is 13.8 Å². The zero-order valence-electron chi connectivity index (χ0n) is 32.2. The Hall–Kier alpha value is -5.98. The van der Waals surface area contributed by atoms with Gasteiger partial charge in [-0.15, -0.1) is 0 Å². The van der Waals surface area contributed by atoms with Gasteiger partial charge in [0.1, 0.15) is 0 Å². The van der Waals surface area contributed by atoms with Crippen molar-refractivity contribution in [3.05, 3.63) is 231 Å². The van der Waals surface area contributed by atoms with Gasteiger partial charge in [-0.2, -0.15) is 0 Å². The Bertz CT molecular complexity index is 2350. The molecular weight excluding hydrogens is 637 g/mol. The smallest absolute Gasteiger partial charge is 0.000113 e. The average molecular weight is 689 g/mol. The molecule has 0 aliphatic carbocycles. The minimum atomic E-state index is 0.231. The molecule has 0 aliphatic rings. The van der Waals surface area contributed by atoms with Crippen LogP contribution in [0.1, 0.15) is 72.6 Å². The summed E-state index contributed by atoms with van der Waals surface area (Å²) >= 11 is 0. The van der Waals surface area contributed by atoms with Crippen molar-refractivity contribution in [2.24, 2.45) is 0 Å². The first-order valence-electron chi connectivity index (χ1n) is 18.7. The first-order valence-corrected chi connectivity index (χ1v) is 18.7. The Morgan fingerprint density at radius 1 is 0.604 bits per heavy atom. The van der Waals surface area contributed by atoms with Gasteiger partial charge in [0, 0.05) is 0 Å². The van der Waals surface area contributed by atoms with E-state index in [1.165, 1.54) is 50.1 Å². The Morgan fingerprint density at radius 2 is 1.15 bits per heavy atom. The molecule has 0 bridgehead atoms.